The number of rotatable bonds is 4. The van der Waals surface area contributed by atoms with Crippen molar-refractivity contribution < 1.29 is 35.9 Å². The van der Waals surface area contributed by atoms with Crippen LogP contribution in [0.4, 0.5) is 26.3 Å². The third-order valence-corrected chi connectivity index (χ3v) is 3.39. The van der Waals surface area contributed by atoms with Gasteiger partial charge in [-0.05, 0) is 50.2 Å². The molecule has 0 bridgehead atoms. The lowest BCUT2D eigenvalue weighted by Gasteiger charge is -2.18. The quantitative estimate of drug-likeness (QED) is 0.502. The molecular weight excluding hydrogens is 362 g/mol. The number of halogens is 6. The highest BCUT2D eigenvalue weighted by atomic mass is 19.4. The molecule has 2 aromatic carbocycles. The molecule has 0 heterocycles. The summed E-state index contributed by atoms with van der Waals surface area (Å²) in [5.41, 5.74) is -4.96. The van der Waals surface area contributed by atoms with Crippen LogP contribution in [0.3, 0.4) is 0 Å². The molecule has 0 aromatic heterocycles. The van der Waals surface area contributed by atoms with Crippen LogP contribution < -0.4 is 4.74 Å². The lowest BCUT2D eigenvalue weighted by Crippen LogP contribution is -2.20. The summed E-state index contributed by atoms with van der Waals surface area (Å²) in [5.74, 6) is -1.02. The third kappa shape index (κ3) is 4.36. The number of hydrogen-bond donors (Lipinski definition) is 0. The summed E-state index contributed by atoms with van der Waals surface area (Å²) in [7, 11) is 0. The maximum absolute atomic E-state index is 13.2. The van der Waals surface area contributed by atoms with Crippen molar-refractivity contribution >= 4 is 5.78 Å². The van der Waals surface area contributed by atoms with Gasteiger partial charge in [0, 0.05) is 11.1 Å². The summed E-state index contributed by atoms with van der Waals surface area (Å²) in [6.45, 7) is 3.49. The molecule has 0 N–H and O–H groups in total. The van der Waals surface area contributed by atoms with Gasteiger partial charge < -0.3 is 4.74 Å². The standard InChI is InChI=1S/C18H14F6O2/c1-10(2)26-12-8-6-11(7-9-12)16(25)15-13(17(19,20)21)4-3-5-14(15)18(22,23)24/h3-10H,1-2H3. The van der Waals surface area contributed by atoms with E-state index in [2.05, 4.69) is 0 Å². The fourth-order valence-corrected chi connectivity index (χ4v) is 2.37. The van der Waals surface area contributed by atoms with Crippen LogP contribution in [0.25, 0.3) is 0 Å². The first-order chi connectivity index (χ1) is 11.9. The Hall–Kier alpha value is -2.51. The van der Waals surface area contributed by atoms with E-state index in [0.717, 1.165) is 12.1 Å². The lowest BCUT2D eigenvalue weighted by atomic mass is 9.93. The molecular formula is C18H14F6O2. The van der Waals surface area contributed by atoms with Crippen molar-refractivity contribution in [1.29, 1.82) is 0 Å². The van der Waals surface area contributed by atoms with Crippen LogP contribution in [-0.2, 0) is 12.4 Å². The zero-order valence-electron chi connectivity index (χ0n) is 13.7. The smallest absolute Gasteiger partial charge is 0.417 e. The number of carbonyl (C=O) groups is 1. The molecule has 26 heavy (non-hydrogen) atoms. The molecule has 0 amide bonds. The van der Waals surface area contributed by atoms with E-state index < -0.39 is 34.8 Å². The molecule has 0 unspecified atom stereocenters. The van der Waals surface area contributed by atoms with Gasteiger partial charge in [-0.1, -0.05) is 6.07 Å². The van der Waals surface area contributed by atoms with Crippen molar-refractivity contribution in [3.05, 3.63) is 64.7 Å². The first kappa shape index (κ1) is 19.8. The molecule has 0 radical (unpaired) electrons. The fraction of sp³-hybridized carbons (Fsp3) is 0.278. The summed E-state index contributed by atoms with van der Waals surface area (Å²) in [6, 6.07) is 6.44. The molecule has 2 aromatic rings. The van der Waals surface area contributed by atoms with Crippen LogP contribution in [0.5, 0.6) is 5.75 Å². The molecule has 0 atom stereocenters. The van der Waals surface area contributed by atoms with E-state index in [9.17, 15) is 31.1 Å². The van der Waals surface area contributed by atoms with E-state index >= 15 is 0 Å². The molecule has 0 aliphatic heterocycles. The van der Waals surface area contributed by atoms with Gasteiger partial charge in [0.25, 0.3) is 0 Å². The molecule has 2 nitrogen and oxygen atoms in total. The molecule has 0 spiro atoms. The van der Waals surface area contributed by atoms with E-state index in [1.165, 1.54) is 12.1 Å². The Labute approximate surface area is 145 Å². The average Bonchev–Trinajstić information content (AvgIpc) is 2.52. The second kappa shape index (κ2) is 7.01. The van der Waals surface area contributed by atoms with Gasteiger partial charge in [0.05, 0.1) is 17.2 Å². The van der Waals surface area contributed by atoms with Crippen molar-refractivity contribution in [1.82, 2.24) is 0 Å². The summed E-state index contributed by atoms with van der Waals surface area (Å²) in [5, 5.41) is 0. The van der Waals surface area contributed by atoms with Gasteiger partial charge in [0.2, 0.25) is 0 Å². The molecule has 2 rings (SSSR count). The highest BCUT2D eigenvalue weighted by Gasteiger charge is 2.42. The minimum Gasteiger partial charge on any atom is -0.491 e. The number of hydrogen-bond acceptors (Lipinski definition) is 2. The molecule has 0 saturated heterocycles. The van der Waals surface area contributed by atoms with Crippen molar-refractivity contribution in [2.75, 3.05) is 0 Å². The van der Waals surface area contributed by atoms with E-state index in [-0.39, 0.29) is 11.7 Å². The van der Waals surface area contributed by atoms with E-state index in [1.807, 2.05) is 0 Å². The largest absolute Gasteiger partial charge is 0.491 e. The van der Waals surface area contributed by atoms with Gasteiger partial charge in [-0.3, -0.25) is 4.79 Å². The Morgan fingerprint density at radius 2 is 1.31 bits per heavy atom. The average molecular weight is 376 g/mol. The van der Waals surface area contributed by atoms with Gasteiger partial charge in [-0.2, -0.15) is 26.3 Å². The van der Waals surface area contributed by atoms with Crippen LogP contribution in [0.2, 0.25) is 0 Å². The Bertz CT molecular complexity index is 757. The molecule has 8 heteroatoms. The van der Waals surface area contributed by atoms with Crippen LogP contribution in [0.1, 0.15) is 40.9 Å². The second-order valence-corrected chi connectivity index (χ2v) is 5.74. The number of alkyl halides is 6. The van der Waals surface area contributed by atoms with Crippen LogP contribution in [-0.4, -0.2) is 11.9 Å². The minimum atomic E-state index is -5.10. The van der Waals surface area contributed by atoms with Gasteiger partial charge in [0.15, 0.2) is 5.78 Å². The molecule has 0 fully saturated rings. The fourth-order valence-electron chi connectivity index (χ4n) is 2.37. The topological polar surface area (TPSA) is 26.3 Å². The molecule has 0 aliphatic rings. The van der Waals surface area contributed by atoms with Gasteiger partial charge in [0.1, 0.15) is 5.75 Å². The predicted molar refractivity (Wildman–Crippen MR) is 82.1 cm³/mol. The van der Waals surface area contributed by atoms with Crippen molar-refractivity contribution in [3.8, 4) is 5.75 Å². The number of carbonyl (C=O) groups excluding carboxylic acids is 1. The lowest BCUT2D eigenvalue weighted by molar-refractivity contribution is -0.143. The Balaban J connectivity index is 2.57. The monoisotopic (exact) mass is 376 g/mol. The SMILES string of the molecule is CC(C)Oc1ccc(C(=O)c2c(C(F)(F)F)cccc2C(F)(F)F)cc1. The maximum Gasteiger partial charge on any atom is 0.417 e. The second-order valence-electron chi connectivity index (χ2n) is 5.74. The highest BCUT2D eigenvalue weighted by molar-refractivity contribution is 6.11. The Morgan fingerprint density at radius 1 is 0.846 bits per heavy atom. The zero-order chi connectivity index (χ0) is 19.7. The number of ether oxygens (including phenoxy) is 1. The third-order valence-electron chi connectivity index (χ3n) is 3.39. The Kier molecular flexibility index (Phi) is 5.34. The van der Waals surface area contributed by atoms with Crippen LogP contribution >= 0.6 is 0 Å². The minimum absolute atomic E-state index is 0.181. The van der Waals surface area contributed by atoms with Crippen molar-refractivity contribution in [3.63, 3.8) is 0 Å². The molecule has 140 valence electrons. The van der Waals surface area contributed by atoms with Crippen LogP contribution in [0, 0.1) is 0 Å². The summed E-state index contributed by atoms with van der Waals surface area (Å²) >= 11 is 0. The first-order valence-electron chi connectivity index (χ1n) is 7.50. The summed E-state index contributed by atoms with van der Waals surface area (Å²) < 4.78 is 84.3. The molecule has 0 saturated carbocycles. The normalized spacial score (nSPS) is 12.3. The summed E-state index contributed by atoms with van der Waals surface area (Å²) in [6.07, 6.45) is -10.4. The van der Waals surface area contributed by atoms with Crippen LogP contribution in [0.15, 0.2) is 42.5 Å². The van der Waals surface area contributed by atoms with E-state index in [0.29, 0.717) is 23.9 Å². The van der Waals surface area contributed by atoms with Crippen molar-refractivity contribution in [2.24, 2.45) is 0 Å². The van der Waals surface area contributed by atoms with E-state index in [1.54, 1.807) is 13.8 Å². The van der Waals surface area contributed by atoms with Gasteiger partial charge in [-0.15, -0.1) is 0 Å². The Morgan fingerprint density at radius 3 is 1.69 bits per heavy atom. The zero-order valence-corrected chi connectivity index (χ0v) is 13.7. The van der Waals surface area contributed by atoms with Crippen molar-refractivity contribution in [2.45, 2.75) is 32.3 Å². The van der Waals surface area contributed by atoms with Gasteiger partial charge >= 0.3 is 12.4 Å². The number of benzene rings is 2. The maximum atomic E-state index is 13.2. The van der Waals surface area contributed by atoms with Gasteiger partial charge in [-0.25, -0.2) is 0 Å². The highest BCUT2D eigenvalue weighted by Crippen LogP contribution is 2.40. The predicted octanol–water partition coefficient (Wildman–Crippen LogP) is 5.74. The number of ketones is 1. The first-order valence-corrected chi connectivity index (χ1v) is 7.50. The van der Waals surface area contributed by atoms with E-state index in [4.69, 9.17) is 4.74 Å². The molecule has 0 aliphatic carbocycles. The summed E-state index contributed by atoms with van der Waals surface area (Å²) in [4.78, 5) is 12.5.